The average Bonchev–Trinajstić information content (AvgIpc) is 2.85. The Labute approximate surface area is 134 Å². The Balaban J connectivity index is 1.77. The van der Waals surface area contributed by atoms with E-state index in [0.717, 1.165) is 15.0 Å². The first kappa shape index (κ1) is 15.8. The molecule has 8 heteroatoms. The SMILES string of the molecule is O=C(CSCc1ccc(Cl)s1)Nc1ccc(C(=O)O)cn1. The van der Waals surface area contributed by atoms with E-state index in [2.05, 4.69) is 10.3 Å². The molecule has 0 spiro atoms. The Morgan fingerprint density at radius 1 is 1.33 bits per heavy atom. The lowest BCUT2D eigenvalue weighted by atomic mass is 10.3. The molecule has 0 unspecified atom stereocenters. The number of anilines is 1. The molecule has 2 N–H and O–H groups in total. The Morgan fingerprint density at radius 2 is 2.14 bits per heavy atom. The van der Waals surface area contributed by atoms with Crippen LogP contribution in [0.5, 0.6) is 0 Å². The normalized spacial score (nSPS) is 10.3. The molecule has 2 aromatic rings. The largest absolute Gasteiger partial charge is 0.478 e. The van der Waals surface area contributed by atoms with Crippen LogP contribution >= 0.6 is 34.7 Å². The van der Waals surface area contributed by atoms with Crippen LogP contribution in [0.3, 0.4) is 0 Å². The number of thiophene rings is 1. The summed E-state index contributed by atoms with van der Waals surface area (Å²) in [4.78, 5) is 27.4. The zero-order valence-electron chi connectivity index (χ0n) is 10.7. The fraction of sp³-hybridized carbons (Fsp3) is 0.154. The third-order valence-electron chi connectivity index (χ3n) is 2.38. The Bertz CT molecular complexity index is 643. The van der Waals surface area contributed by atoms with Crippen LogP contribution in [-0.4, -0.2) is 27.7 Å². The minimum absolute atomic E-state index is 0.0805. The summed E-state index contributed by atoms with van der Waals surface area (Å²) in [5.74, 6) is 0.113. The minimum Gasteiger partial charge on any atom is -0.478 e. The zero-order valence-corrected chi connectivity index (χ0v) is 13.1. The molecule has 0 fully saturated rings. The van der Waals surface area contributed by atoms with Crippen molar-refractivity contribution >= 4 is 52.4 Å². The molecule has 2 rings (SSSR count). The number of halogens is 1. The van der Waals surface area contributed by atoms with Gasteiger partial charge in [0.1, 0.15) is 5.82 Å². The molecule has 0 saturated carbocycles. The van der Waals surface area contributed by atoms with Gasteiger partial charge in [-0.1, -0.05) is 11.6 Å². The van der Waals surface area contributed by atoms with E-state index in [1.165, 1.54) is 41.4 Å². The van der Waals surface area contributed by atoms with Crippen LogP contribution in [0.4, 0.5) is 5.82 Å². The fourth-order valence-corrected chi connectivity index (χ4v) is 3.47. The molecule has 0 aliphatic carbocycles. The molecular formula is C13H11ClN2O3S2. The van der Waals surface area contributed by atoms with E-state index in [1.54, 1.807) is 0 Å². The van der Waals surface area contributed by atoms with E-state index in [4.69, 9.17) is 16.7 Å². The van der Waals surface area contributed by atoms with Gasteiger partial charge in [0.2, 0.25) is 5.91 Å². The molecule has 0 aromatic carbocycles. The standard InChI is InChI=1S/C13H11ClN2O3S2/c14-10-3-2-9(21-10)6-20-7-12(17)16-11-4-1-8(5-15-11)13(18)19/h1-5H,6-7H2,(H,18,19)(H,15,16,17). The van der Waals surface area contributed by atoms with Crippen LogP contribution in [0.15, 0.2) is 30.5 Å². The zero-order chi connectivity index (χ0) is 15.2. The number of hydrogen-bond donors (Lipinski definition) is 2. The average molecular weight is 343 g/mol. The van der Waals surface area contributed by atoms with Gasteiger partial charge in [-0.3, -0.25) is 4.79 Å². The lowest BCUT2D eigenvalue weighted by Gasteiger charge is -2.04. The van der Waals surface area contributed by atoms with Crippen LogP contribution in [0.25, 0.3) is 0 Å². The number of carboxylic acid groups (broad SMARTS) is 1. The van der Waals surface area contributed by atoms with Crippen molar-refractivity contribution in [3.05, 3.63) is 45.2 Å². The first-order chi connectivity index (χ1) is 10.0. The number of nitrogens with zero attached hydrogens (tertiary/aromatic N) is 1. The highest BCUT2D eigenvalue weighted by Crippen LogP contribution is 2.25. The van der Waals surface area contributed by atoms with Gasteiger partial charge in [-0.25, -0.2) is 9.78 Å². The highest BCUT2D eigenvalue weighted by Gasteiger charge is 2.07. The van der Waals surface area contributed by atoms with Crippen molar-refractivity contribution in [1.29, 1.82) is 0 Å². The summed E-state index contributed by atoms with van der Waals surface area (Å²) in [6.45, 7) is 0. The van der Waals surface area contributed by atoms with Gasteiger partial charge in [0.05, 0.1) is 15.7 Å². The van der Waals surface area contributed by atoms with Crippen molar-refractivity contribution in [2.24, 2.45) is 0 Å². The number of carboxylic acids is 1. The summed E-state index contributed by atoms with van der Waals surface area (Å²) in [6.07, 6.45) is 1.21. The number of carbonyl (C=O) groups is 2. The van der Waals surface area contributed by atoms with Crippen molar-refractivity contribution in [1.82, 2.24) is 4.98 Å². The molecule has 0 saturated heterocycles. The summed E-state index contributed by atoms with van der Waals surface area (Å²) >= 11 is 8.79. The number of carbonyl (C=O) groups excluding carboxylic acids is 1. The quantitative estimate of drug-likeness (QED) is 0.841. The second-order valence-electron chi connectivity index (χ2n) is 3.98. The predicted octanol–water partition coefficient (Wildman–Crippen LogP) is 3.37. The number of pyridine rings is 1. The fourth-order valence-electron chi connectivity index (χ4n) is 1.45. The molecule has 0 radical (unpaired) electrons. The number of aromatic carboxylic acids is 1. The third-order valence-corrected chi connectivity index (χ3v) is 4.78. The first-order valence-corrected chi connectivity index (χ1v) is 8.20. The summed E-state index contributed by atoms with van der Waals surface area (Å²) in [5.41, 5.74) is 0.0805. The van der Waals surface area contributed by atoms with Gasteiger partial charge in [-0.2, -0.15) is 0 Å². The maximum Gasteiger partial charge on any atom is 0.337 e. The molecule has 0 atom stereocenters. The summed E-state index contributed by atoms with van der Waals surface area (Å²) in [7, 11) is 0. The van der Waals surface area contributed by atoms with Crippen molar-refractivity contribution in [2.45, 2.75) is 5.75 Å². The monoisotopic (exact) mass is 342 g/mol. The van der Waals surface area contributed by atoms with Gasteiger partial charge in [-0.15, -0.1) is 23.1 Å². The number of hydrogen-bond acceptors (Lipinski definition) is 5. The van der Waals surface area contributed by atoms with Gasteiger partial charge < -0.3 is 10.4 Å². The molecule has 2 heterocycles. The van der Waals surface area contributed by atoms with Crippen molar-refractivity contribution in [2.75, 3.05) is 11.1 Å². The summed E-state index contributed by atoms with van der Waals surface area (Å²) in [6, 6.07) is 6.62. The number of rotatable bonds is 6. The van der Waals surface area contributed by atoms with E-state index in [-0.39, 0.29) is 17.2 Å². The Morgan fingerprint density at radius 3 is 2.71 bits per heavy atom. The molecule has 2 aromatic heterocycles. The topological polar surface area (TPSA) is 79.3 Å². The Kier molecular flexibility index (Phi) is 5.60. The smallest absolute Gasteiger partial charge is 0.337 e. The van der Waals surface area contributed by atoms with Crippen molar-refractivity contribution in [3.8, 4) is 0 Å². The molecular weight excluding hydrogens is 332 g/mol. The van der Waals surface area contributed by atoms with E-state index in [0.29, 0.717) is 5.82 Å². The summed E-state index contributed by atoms with van der Waals surface area (Å²) < 4.78 is 0.734. The van der Waals surface area contributed by atoms with Crippen LogP contribution in [0.1, 0.15) is 15.2 Å². The maximum absolute atomic E-state index is 11.7. The first-order valence-electron chi connectivity index (χ1n) is 5.86. The molecule has 21 heavy (non-hydrogen) atoms. The molecule has 0 aliphatic heterocycles. The van der Waals surface area contributed by atoms with E-state index < -0.39 is 5.97 Å². The molecule has 5 nitrogen and oxygen atoms in total. The van der Waals surface area contributed by atoms with Crippen LogP contribution in [0, 0.1) is 0 Å². The van der Waals surface area contributed by atoms with Crippen LogP contribution in [-0.2, 0) is 10.5 Å². The van der Waals surface area contributed by atoms with E-state index >= 15 is 0 Å². The van der Waals surface area contributed by atoms with Crippen LogP contribution in [0.2, 0.25) is 4.34 Å². The third kappa shape index (κ3) is 5.04. The molecule has 1 amide bonds. The van der Waals surface area contributed by atoms with Gasteiger partial charge in [0.15, 0.2) is 0 Å². The molecule has 0 aliphatic rings. The number of aromatic nitrogens is 1. The maximum atomic E-state index is 11.7. The number of amides is 1. The molecule has 110 valence electrons. The highest BCUT2D eigenvalue weighted by atomic mass is 35.5. The lowest BCUT2D eigenvalue weighted by Crippen LogP contribution is -2.15. The molecule has 0 bridgehead atoms. The van der Waals surface area contributed by atoms with Gasteiger partial charge in [0.25, 0.3) is 0 Å². The highest BCUT2D eigenvalue weighted by molar-refractivity contribution is 7.99. The van der Waals surface area contributed by atoms with Gasteiger partial charge in [-0.05, 0) is 24.3 Å². The van der Waals surface area contributed by atoms with E-state index in [1.807, 2.05) is 12.1 Å². The van der Waals surface area contributed by atoms with Crippen molar-refractivity contribution < 1.29 is 14.7 Å². The second kappa shape index (κ2) is 7.44. The minimum atomic E-state index is -1.05. The van der Waals surface area contributed by atoms with E-state index in [9.17, 15) is 9.59 Å². The predicted molar refractivity (Wildman–Crippen MR) is 85.3 cm³/mol. The van der Waals surface area contributed by atoms with Gasteiger partial charge >= 0.3 is 5.97 Å². The summed E-state index contributed by atoms with van der Waals surface area (Å²) in [5, 5.41) is 11.4. The second-order valence-corrected chi connectivity index (χ2v) is 6.77. The number of nitrogens with one attached hydrogen (secondary N) is 1. The van der Waals surface area contributed by atoms with Crippen LogP contribution < -0.4 is 5.32 Å². The van der Waals surface area contributed by atoms with Gasteiger partial charge in [0, 0.05) is 16.8 Å². The van der Waals surface area contributed by atoms with Crippen molar-refractivity contribution in [3.63, 3.8) is 0 Å². The lowest BCUT2D eigenvalue weighted by molar-refractivity contribution is -0.113. The number of thioether (sulfide) groups is 1. The Hall–Kier alpha value is -1.57.